The summed E-state index contributed by atoms with van der Waals surface area (Å²) in [6.45, 7) is 7.54. The van der Waals surface area contributed by atoms with E-state index in [4.69, 9.17) is 0 Å². The van der Waals surface area contributed by atoms with E-state index in [9.17, 15) is 9.90 Å². The summed E-state index contributed by atoms with van der Waals surface area (Å²) < 4.78 is 0. The summed E-state index contributed by atoms with van der Waals surface area (Å²) in [5, 5.41) is 10.6. The molecule has 2 fully saturated rings. The lowest BCUT2D eigenvalue weighted by atomic mass is 9.65. The molecule has 2 aliphatic rings. The van der Waals surface area contributed by atoms with Gasteiger partial charge in [0.05, 0.1) is 12.4 Å². The number of aromatic amines is 1. The van der Waals surface area contributed by atoms with Crippen molar-refractivity contribution >= 4 is 5.91 Å². The second kappa shape index (κ2) is 5.91. The first-order valence-electron chi connectivity index (χ1n) is 8.47. The normalized spacial score (nSPS) is 33.7. The van der Waals surface area contributed by atoms with Gasteiger partial charge in [-0.3, -0.25) is 9.69 Å². The summed E-state index contributed by atoms with van der Waals surface area (Å²) in [4.78, 5) is 23.2. The summed E-state index contributed by atoms with van der Waals surface area (Å²) in [6.07, 6.45) is 4.91. The molecule has 6 heteroatoms. The van der Waals surface area contributed by atoms with Crippen LogP contribution in [0.4, 0.5) is 0 Å². The highest BCUT2D eigenvalue weighted by molar-refractivity contribution is 5.75. The van der Waals surface area contributed by atoms with Crippen LogP contribution in [0.3, 0.4) is 0 Å². The number of likely N-dealkylation sites (N-methyl/N-ethyl adjacent to an activating group) is 1. The average Bonchev–Trinajstić information content (AvgIpc) is 3.03. The van der Waals surface area contributed by atoms with Crippen molar-refractivity contribution in [1.29, 1.82) is 0 Å². The smallest absolute Gasteiger partial charge is 0.219 e. The van der Waals surface area contributed by atoms with Crippen molar-refractivity contribution in [2.45, 2.75) is 58.3 Å². The molecule has 6 nitrogen and oxygen atoms in total. The average molecular weight is 320 g/mol. The molecule has 0 aromatic carbocycles. The molecule has 0 radical (unpaired) electrons. The molecule has 4 atom stereocenters. The van der Waals surface area contributed by atoms with Gasteiger partial charge in [0, 0.05) is 49.4 Å². The maximum atomic E-state index is 11.8. The lowest BCUT2D eigenvalue weighted by Gasteiger charge is -2.58. The van der Waals surface area contributed by atoms with E-state index in [0.717, 1.165) is 31.6 Å². The zero-order valence-corrected chi connectivity index (χ0v) is 14.5. The van der Waals surface area contributed by atoms with Gasteiger partial charge >= 0.3 is 0 Å². The molecule has 1 aliphatic heterocycles. The fourth-order valence-electron chi connectivity index (χ4n) is 4.89. The van der Waals surface area contributed by atoms with Gasteiger partial charge in [0.15, 0.2) is 0 Å². The van der Waals surface area contributed by atoms with E-state index in [-0.39, 0.29) is 29.5 Å². The van der Waals surface area contributed by atoms with Crippen LogP contribution in [0.25, 0.3) is 0 Å². The Morgan fingerprint density at radius 1 is 1.57 bits per heavy atom. The van der Waals surface area contributed by atoms with Gasteiger partial charge in [0.25, 0.3) is 0 Å². The number of aliphatic hydroxyl groups excluding tert-OH is 1. The van der Waals surface area contributed by atoms with Gasteiger partial charge in [-0.15, -0.1) is 0 Å². The lowest BCUT2D eigenvalue weighted by molar-refractivity contribution is -0.158. The number of likely N-dealkylation sites (tertiary alicyclic amines) is 1. The quantitative estimate of drug-likeness (QED) is 0.875. The molecule has 2 unspecified atom stereocenters. The first-order valence-corrected chi connectivity index (χ1v) is 8.47. The minimum atomic E-state index is -0.335. The zero-order valence-electron chi connectivity index (χ0n) is 14.5. The zero-order chi connectivity index (χ0) is 16.8. The number of hydrogen-bond acceptors (Lipinski definition) is 4. The molecule has 3 rings (SSSR count). The van der Waals surface area contributed by atoms with E-state index in [1.165, 1.54) is 0 Å². The standard InChI is InChI=1S/C17H28N4O2/c1-11(2)16-17(9-21(16)12(3)22)5-14(15(23)6-17)20(4)8-13-7-18-10-19-13/h7,10-11,14-16,23H,5-6,8-9H2,1-4H3,(H,18,19)/t14-,15-,16?,17?/m1/s1. The molecule has 2 N–H and O–H groups in total. The minimum absolute atomic E-state index is 0.0756. The summed E-state index contributed by atoms with van der Waals surface area (Å²) in [5.41, 5.74) is 1.13. The predicted octanol–water partition coefficient (Wildman–Crippen LogP) is 1.24. The molecule has 1 aromatic heterocycles. The van der Waals surface area contributed by atoms with Crippen LogP contribution < -0.4 is 0 Å². The van der Waals surface area contributed by atoms with E-state index < -0.39 is 0 Å². The minimum Gasteiger partial charge on any atom is -0.391 e. The fraction of sp³-hybridized carbons (Fsp3) is 0.765. The molecular weight excluding hydrogens is 292 g/mol. The summed E-state index contributed by atoms with van der Waals surface area (Å²) >= 11 is 0. The molecule has 1 saturated heterocycles. The number of carbonyl (C=O) groups is 1. The van der Waals surface area contributed by atoms with Gasteiger partial charge in [0.1, 0.15) is 0 Å². The number of nitrogens with one attached hydrogen (secondary N) is 1. The van der Waals surface area contributed by atoms with Gasteiger partial charge in [-0.25, -0.2) is 4.98 Å². The molecule has 128 valence electrons. The van der Waals surface area contributed by atoms with E-state index >= 15 is 0 Å². The van der Waals surface area contributed by atoms with Crippen LogP contribution in [0.1, 0.15) is 39.3 Å². The van der Waals surface area contributed by atoms with Crippen LogP contribution in [0, 0.1) is 11.3 Å². The van der Waals surface area contributed by atoms with Gasteiger partial charge < -0.3 is 15.0 Å². The van der Waals surface area contributed by atoms with Crippen molar-refractivity contribution in [2.24, 2.45) is 11.3 Å². The summed E-state index contributed by atoms with van der Waals surface area (Å²) in [7, 11) is 2.06. The summed E-state index contributed by atoms with van der Waals surface area (Å²) in [5.74, 6) is 0.564. The highest BCUT2D eigenvalue weighted by Gasteiger charge is 2.60. The van der Waals surface area contributed by atoms with Gasteiger partial charge in [-0.2, -0.15) is 0 Å². The van der Waals surface area contributed by atoms with Crippen LogP contribution in [0.2, 0.25) is 0 Å². The number of aliphatic hydroxyl groups is 1. The Hall–Kier alpha value is -1.40. The Morgan fingerprint density at radius 3 is 2.87 bits per heavy atom. The number of aromatic nitrogens is 2. The third-order valence-electron chi connectivity index (χ3n) is 5.70. The van der Waals surface area contributed by atoms with Crippen molar-refractivity contribution in [1.82, 2.24) is 19.8 Å². The van der Waals surface area contributed by atoms with E-state index in [2.05, 4.69) is 35.8 Å². The van der Waals surface area contributed by atoms with Crippen LogP contribution in [0.5, 0.6) is 0 Å². The van der Waals surface area contributed by atoms with Crippen molar-refractivity contribution in [3.8, 4) is 0 Å². The number of nitrogens with zero attached hydrogens (tertiary/aromatic N) is 3. The Balaban J connectivity index is 1.71. The molecule has 1 aliphatic carbocycles. The Labute approximate surface area is 137 Å². The molecule has 1 aromatic rings. The molecule has 0 bridgehead atoms. The Morgan fingerprint density at radius 2 is 2.30 bits per heavy atom. The van der Waals surface area contributed by atoms with Crippen molar-refractivity contribution < 1.29 is 9.90 Å². The van der Waals surface area contributed by atoms with Crippen molar-refractivity contribution in [3.63, 3.8) is 0 Å². The summed E-state index contributed by atoms with van der Waals surface area (Å²) in [6, 6.07) is 0.383. The number of H-pyrrole nitrogens is 1. The van der Waals surface area contributed by atoms with Crippen LogP contribution in [-0.2, 0) is 11.3 Å². The third kappa shape index (κ3) is 2.78. The van der Waals surface area contributed by atoms with Gasteiger partial charge in [-0.05, 0) is 25.8 Å². The van der Waals surface area contributed by atoms with Gasteiger partial charge in [-0.1, -0.05) is 13.8 Å². The molecular formula is C17H28N4O2. The fourth-order valence-corrected chi connectivity index (χ4v) is 4.89. The maximum Gasteiger partial charge on any atom is 0.219 e. The van der Waals surface area contributed by atoms with Crippen molar-refractivity contribution in [2.75, 3.05) is 13.6 Å². The topological polar surface area (TPSA) is 72.5 Å². The third-order valence-corrected chi connectivity index (χ3v) is 5.70. The molecule has 1 amide bonds. The highest BCUT2D eigenvalue weighted by atomic mass is 16.3. The van der Waals surface area contributed by atoms with Crippen molar-refractivity contribution in [3.05, 3.63) is 18.2 Å². The first kappa shape index (κ1) is 16.5. The Bertz CT molecular complexity index is 559. The predicted molar refractivity (Wildman–Crippen MR) is 87.5 cm³/mol. The molecule has 1 saturated carbocycles. The number of amides is 1. The van der Waals surface area contributed by atoms with Gasteiger partial charge in [0.2, 0.25) is 5.91 Å². The highest BCUT2D eigenvalue weighted by Crippen LogP contribution is 2.53. The monoisotopic (exact) mass is 320 g/mol. The first-order chi connectivity index (χ1) is 10.8. The molecule has 2 heterocycles. The molecule has 23 heavy (non-hydrogen) atoms. The van der Waals surface area contributed by atoms with E-state index in [1.54, 1.807) is 13.3 Å². The van der Waals surface area contributed by atoms with Crippen LogP contribution >= 0.6 is 0 Å². The second-order valence-electron chi connectivity index (χ2n) is 7.73. The molecule has 1 spiro atoms. The number of hydrogen-bond donors (Lipinski definition) is 2. The second-order valence-corrected chi connectivity index (χ2v) is 7.73. The number of rotatable bonds is 4. The Kier molecular flexibility index (Phi) is 4.23. The number of imidazole rings is 1. The van der Waals surface area contributed by atoms with E-state index in [1.807, 2.05) is 11.1 Å². The number of carbonyl (C=O) groups excluding carboxylic acids is 1. The van der Waals surface area contributed by atoms with Crippen LogP contribution in [-0.4, -0.2) is 62.6 Å². The van der Waals surface area contributed by atoms with E-state index in [0.29, 0.717) is 5.92 Å². The largest absolute Gasteiger partial charge is 0.391 e. The maximum absolute atomic E-state index is 11.8. The van der Waals surface area contributed by atoms with Crippen LogP contribution in [0.15, 0.2) is 12.5 Å². The SMILES string of the molecule is CC(=O)N1CC2(C[C@@H](O)[C@H](N(C)Cc3cnc[nH]3)C2)C1C(C)C. The lowest BCUT2D eigenvalue weighted by Crippen LogP contribution is -2.67.